The number of unbranched alkanes of at least 4 members (excludes halogenated alkanes) is 46. The number of hydrogen-bond acceptors (Lipinski definition) is 15. The Morgan fingerprint density at radius 3 is 0.837 bits per heavy atom. The number of phosphoric ester groups is 2. The van der Waals surface area contributed by atoms with Crippen LogP contribution in [0.15, 0.2) is 24.3 Å². The fourth-order valence-electron chi connectivity index (χ4n) is 11.7. The number of phosphoric acid groups is 2. The predicted octanol–water partition coefficient (Wildman–Crippen LogP) is 23.2. The number of allylic oxidation sites excluding steroid dienone is 4. The number of hydrogen-bond donors (Lipinski definition) is 3. The molecule has 0 aromatic carbocycles. The molecule has 0 saturated heterocycles. The first-order chi connectivity index (χ1) is 47.5. The SMILES string of the molecule is CCCCCC/C=C\C=C/CCCCCCCC(=O)OC[C@H](COP(=O)(O)OC[C@@H](O)COP(=O)(O)OC[C@@H](COC(=O)CCCCCCCCCCCCC)OC(=O)CCCCCCCCCCCCCCC)OC(=O)CCCCCCCCCCCCCCCCCCC(C)C. The highest BCUT2D eigenvalue weighted by atomic mass is 31.2. The smallest absolute Gasteiger partial charge is 0.462 e. The molecule has 0 aliphatic carbocycles. The highest BCUT2D eigenvalue weighted by Crippen LogP contribution is 2.45. The van der Waals surface area contributed by atoms with Gasteiger partial charge in [0.1, 0.15) is 19.3 Å². The van der Waals surface area contributed by atoms with E-state index in [-0.39, 0.29) is 25.7 Å². The summed E-state index contributed by atoms with van der Waals surface area (Å²) in [5.74, 6) is -1.33. The monoisotopic (exact) mass is 1430 g/mol. The Bertz CT molecular complexity index is 1970. The summed E-state index contributed by atoms with van der Waals surface area (Å²) < 4.78 is 68.6. The normalized spacial score (nSPS) is 14.1. The van der Waals surface area contributed by atoms with Gasteiger partial charge in [0, 0.05) is 25.7 Å². The van der Waals surface area contributed by atoms with Crippen LogP contribution in [0.4, 0.5) is 0 Å². The Morgan fingerprint density at radius 1 is 0.316 bits per heavy atom. The summed E-state index contributed by atoms with van der Waals surface area (Å²) in [5, 5.41) is 10.6. The fraction of sp³-hybridized carbons (Fsp3) is 0.899. The maximum Gasteiger partial charge on any atom is 0.472 e. The van der Waals surface area contributed by atoms with Gasteiger partial charge in [0.25, 0.3) is 0 Å². The molecule has 0 aliphatic rings. The molecule has 578 valence electrons. The second kappa shape index (κ2) is 71.5. The zero-order valence-electron chi connectivity index (χ0n) is 63.4. The van der Waals surface area contributed by atoms with E-state index in [1.165, 1.54) is 199 Å². The summed E-state index contributed by atoms with van der Waals surface area (Å²) in [4.78, 5) is 72.9. The molecule has 3 N–H and O–H groups in total. The van der Waals surface area contributed by atoms with Gasteiger partial charge in [-0.05, 0) is 57.3 Å². The van der Waals surface area contributed by atoms with Gasteiger partial charge in [-0.25, -0.2) is 9.13 Å². The van der Waals surface area contributed by atoms with E-state index >= 15 is 0 Å². The zero-order valence-corrected chi connectivity index (χ0v) is 65.2. The third-order valence-electron chi connectivity index (χ3n) is 17.9. The van der Waals surface area contributed by atoms with Crippen molar-refractivity contribution in [1.82, 2.24) is 0 Å². The van der Waals surface area contributed by atoms with Crippen LogP contribution in [0.1, 0.15) is 394 Å². The molecule has 0 fully saturated rings. The minimum Gasteiger partial charge on any atom is -0.462 e. The lowest BCUT2D eigenvalue weighted by Gasteiger charge is -2.21. The lowest BCUT2D eigenvalue weighted by atomic mass is 10.0. The van der Waals surface area contributed by atoms with Crippen LogP contribution >= 0.6 is 15.6 Å². The van der Waals surface area contributed by atoms with E-state index in [0.29, 0.717) is 25.7 Å². The molecule has 0 spiro atoms. The Balaban J connectivity index is 5.27. The number of carbonyl (C=O) groups excluding carboxylic acids is 4. The van der Waals surface area contributed by atoms with Crippen molar-refractivity contribution in [1.29, 1.82) is 0 Å². The maximum absolute atomic E-state index is 13.1. The summed E-state index contributed by atoms with van der Waals surface area (Å²) in [6.07, 6.45) is 64.5. The molecule has 0 rings (SSSR count). The van der Waals surface area contributed by atoms with E-state index in [9.17, 15) is 43.2 Å². The number of aliphatic hydroxyl groups is 1. The van der Waals surface area contributed by atoms with E-state index in [1.54, 1.807) is 0 Å². The van der Waals surface area contributed by atoms with Crippen LogP contribution in [0, 0.1) is 5.92 Å². The van der Waals surface area contributed by atoms with Gasteiger partial charge in [0.15, 0.2) is 12.2 Å². The van der Waals surface area contributed by atoms with E-state index in [1.807, 2.05) is 0 Å². The van der Waals surface area contributed by atoms with Crippen LogP contribution in [0.5, 0.6) is 0 Å². The Hall–Kier alpha value is -2.46. The summed E-state index contributed by atoms with van der Waals surface area (Å²) in [6.45, 7) is 7.28. The standard InChI is InChI=1S/C79H150O17P2/c1-6-9-12-15-18-21-24-26-29-34-38-43-48-53-58-63-77(82)90-69-75(96-79(84)65-60-55-50-45-40-35-31-28-27-30-33-37-41-46-51-56-61-72(4)5)71-94-98(87,88)92-67-73(80)66-91-97(85,86)93-70-74(68-89-76(81)62-57-52-47-42-36-23-20-17-14-11-8-3)95-78(83)64-59-54-49-44-39-32-25-22-19-16-13-10-7-2/h21,24,26,29,72-75,80H,6-20,22-23,25,27-28,30-71H2,1-5H3,(H,85,86)(H,87,88)/b24-21-,29-26-/t73-,74+,75+/m0/s1. The molecule has 0 amide bonds. The molecule has 19 heteroatoms. The molecule has 0 aromatic rings. The number of carbonyl (C=O) groups is 4. The molecule has 0 saturated carbocycles. The average Bonchev–Trinajstić information content (AvgIpc) is 1.05. The van der Waals surface area contributed by atoms with Crippen molar-refractivity contribution in [3.8, 4) is 0 Å². The largest absolute Gasteiger partial charge is 0.472 e. The molecule has 2 unspecified atom stereocenters. The Labute approximate surface area is 599 Å². The molecule has 0 radical (unpaired) electrons. The van der Waals surface area contributed by atoms with Crippen LogP contribution in [-0.4, -0.2) is 96.7 Å². The van der Waals surface area contributed by atoms with Crippen molar-refractivity contribution in [2.75, 3.05) is 39.6 Å². The zero-order chi connectivity index (χ0) is 71.9. The minimum absolute atomic E-state index is 0.101. The fourth-order valence-corrected chi connectivity index (χ4v) is 13.3. The van der Waals surface area contributed by atoms with E-state index in [4.69, 9.17) is 37.0 Å². The molecular weight excluding hydrogens is 1280 g/mol. The third-order valence-corrected chi connectivity index (χ3v) is 19.8. The van der Waals surface area contributed by atoms with E-state index < -0.39 is 97.5 Å². The first-order valence-corrected chi connectivity index (χ1v) is 43.4. The van der Waals surface area contributed by atoms with Crippen molar-refractivity contribution in [2.24, 2.45) is 5.92 Å². The van der Waals surface area contributed by atoms with E-state index in [0.717, 1.165) is 115 Å². The number of esters is 4. The molecule has 0 bridgehead atoms. The van der Waals surface area contributed by atoms with Crippen LogP contribution in [0.25, 0.3) is 0 Å². The highest BCUT2D eigenvalue weighted by molar-refractivity contribution is 7.47. The lowest BCUT2D eigenvalue weighted by Crippen LogP contribution is -2.30. The van der Waals surface area contributed by atoms with Gasteiger partial charge in [-0.3, -0.25) is 37.3 Å². The number of rotatable bonds is 77. The van der Waals surface area contributed by atoms with Crippen LogP contribution in [-0.2, 0) is 65.4 Å². The van der Waals surface area contributed by atoms with E-state index in [2.05, 4.69) is 58.9 Å². The average molecular weight is 1430 g/mol. The Kier molecular flexibility index (Phi) is 69.7. The van der Waals surface area contributed by atoms with Gasteiger partial charge in [-0.15, -0.1) is 0 Å². The maximum atomic E-state index is 13.1. The van der Waals surface area contributed by atoms with Gasteiger partial charge in [0.2, 0.25) is 0 Å². The number of ether oxygens (including phenoxy) is 4. The summed E-state index contributed by atoms with van der Waals surface area (Å²) in [6, 6.07) is 0. The minimum atomic E-state index is -4.97. The molecule has 98 heavy (non-hydrogen) atoms. The first kappa shape index (κ1) is 95.5. The summed E-state index contributed by atoms with van der Waals surface area (Å²) in [5.41, 5.74) is 0. The van der Waals surface area contributed by atoms with Crippen LogP contribution < -0.4 is 0 Å². The Morgan fingerprint density at radius 2 is 0.551 bits per heavy atom. The molecule has 0 aliphatic heterocycles. The third kappa shape index (κ3) is 71.9. The van der Waals surface area contributed by atoms with Gasteiger partial charge in [-0.2, -0.15) is 0 Å². The van der Waals surface area contributed by atoms with Crippen molar-refractivity contribution >= 4 is 39.5 Å². The second-order valence-electron chi connectivity index (χ2n) is 28.2. The highest BCUT2D eigenvalue weighted by Gasteiger charge is 2.30. The molecule has 5 atom stereocenters. The van der Waals surface area contributed by atoms with Crippen molar-refractivity contribution in [3.63, 3.8) is 0 Å². The summed E-state index contributed by atoms with van der Waals surface area (Å²) >= 11 is 0. The van der Waals surface area contributed by atoms with Gasteiger partial charge < -0.3 is 33.8 Å². The quantitative estimate of drug-likeness (QED) is 0.0169. The van der Waals surface area contributed by atoms with Gasteiger partial charge >= 0.3 is 39.5 Å². The molecule has 0 aromatic heterocycles. The molecular formula is C79H150O17P2. The first-order valence-electron chi connectivity index (χ1n) is 40.5. The topological polar surface area (TPSA) is 237 Å². The van der Waals surface area contributed by atoms with Crippen LogP contribution in [0.3, 0.4) is 0 Å². The van der Waals surface area contributed by atoms with Gasteiger partial charge in [0.05, 0.1) is 26.4 Å². The van der Waals surface area contributed by atoms with Gasteiger partial charge in [-0.1, -0.05) is 341 Å². The molecule has 0 heterocycles. The second-order valence-corrected chi connectivity index (χ2v) is 31.2. The predicted molar refractivity (Wildman–Crippen MR) is 400 cm³/mol. The van der Waals surface area contributed by atoms with Crippen LogP contribution in [0.2, 0.25) is 0 Å². The van der Waals surface area contributed by atoms with Crippen molar-refractivity contribution in [2.45, 2.75) is 412 Å². The van der Waals surface area contributed by atoms with Crippen molar-refractivity contribution in [3.05, 3.63) is 24.3 Å². The van der Waals surface area contributed by atoms with Crippen molar-refractivity contribution < 1.29 is 80.2 Å². The lowest BCUT2D eigenvalue weighted by molar-refractivity contribution is -0.161. The summed E-state index contributed by atoms with van der Waals surface area (Å²) in [7, 11) is -9.93. The number of aliphatic hydroxyl groups excluding tert-OH is 1. The molecule has 17 nitrogen and oxygen atoms in total.